The summed E-state index contributed by atoms with van der Waals surface area (Å²) in [6.45, 7) is 0.833. The predicted molar refractivity (Wildman–Crippen MR) is 152 cm³/mol. The number of benzene rings is 1. The van der Waals surface area contributed by atoms with Crippen LogP contribution in [0.15, 0.2) is 46.3 Å². The lowest BCUT2D eigenvalue weighted by Crippen LogP contribution is -2.42. The van der Waals surface area contributed by atoms with Crippen LogP contribution in [0.25, 0.3) is 21.9 Å². The van der Waals surface area contributed by atoms with Gasteiger partial charge in [0.1, 0.15) is 10.7 Å². The number of rotatable bonds is 9. The number of anilines is 2. The largest absolute Gasteiger partial charge is 0.383 e. The Morgan fingerprint density at radius 3 is 2.51 bits per heavy atom. The number of nitrogens with zero attached hydrogens (tertiary/aromatic N) is 4. The zero-order chi connectivity index (χ0) is 29.5. The van der Waals surface area contributed by atoms with E-state index in [0.717, 1.165) is 16.9 Å². The average Bonchev–Trinajstić information content (AvgIpc) is 3.34. The minimum atomic E-state index is -3.94. The molecule has 0 spiro atoms. The number of sulfonamides is 1. The molecule has 17 heteroatoms. The number of hydrogen-bond acceptors (Lipinski definition) is 9. The molecular weight excluding hydrogens is 604 g/mol. The first kappa shape index (κ1) is 29.2. The number of aromatic amines is 1. The van der Waals surface area contributed by atoms with E-state index in [9.17, 15) is 30.4 Å². The van der Waals surface area contributed by atoms with Crippen LogP contribution >= 0.6 is 10.7 Å². The van der Waals surface area contributed by atoms with Crippen molar-refractivity contribution in [2.75, 3.05) is 36.5 Å². The Labute approximate surface area is 238 Å². The second kappa shape index (κ2) is 11.2. The summed E-state index contributed by atoms with van der Waals surface area (Å²) in [7, 11) is -1.81. The summed E-state index contributed by atoms with van der Waals surface area (Å²) in [4.78, 5) is 24.4. The Bertz CT molecular complexity index is 1890. The van der Waals surface area contributed by atoms with E-state index in [2.05, 4.69) is 25.6 Å². The normalized spacial score (nSPS) is 15.6. The molecule has 0 saturated carbocycles. The second-order valence-corrected chi connectivity index (χ2v) is 14.2. The van der Waals surface area contributed by atoms with Crippen LogP contribution < -0.4 is 16.2 Å². The summed E-state index contributed by atoms with van der Waals surface area (Å²) in [5, 5.41) is 7.02. The zero-order valence-electron chi connectivity index (χ0n) is 21.6. The highest BCUT2D eigenvalue weighted by molar-refractivity contribution is 8.13. The van der Waals surface area contributed by atoms with E-state index in [0.29, 0.717) is 42.5 Å². The summed E-state index contributed by atoms with van der Waals surface area (Å²) in [6.07, 6.45) is 0.592. The fourth-order valence-electron chi connectivity index (χ4n) is 4.78. The summed E-state index contributed by atoms with van der Waals surface area (Å²) in [5.74, 6) is 0.198. The third kappa shape index (κ3) is 6.45. The minimum Gasteiger partial charge on any atom is -0.383 e. The molecule has 4 aromatic rings. The highest BCUT2D eigenvalue weighted by Gasteiger charge is 2.25. The first-order valence-electron chi connectivity index (χ1n) is 12.5. The average molecular weight is 630 g/mol. The van der Waals surface area contributed by atoms with Gasteiger partial charge in [-0.15, -0.1) is 0 Å². The maximum Gasteiger partial charge on any atom is 0.276 e. The van der Waals surface area contributed by atoms with Crippen LogP contribution in [0, 0.1) is 0 Å². The van der Waals surface area contributed by atoms with Gasteiger partial charge in [0.05, 0.1) is 11.8 Å². The van der Waals surface area contributed by atoms with Crippen molar-refractivity contribution < 1.29 is 25.6 Å². The van der Waals surface area contributed by atoms with Crippen LogP contribution in [-0.4, -0.2) is 72.6 Å². The first-order valence-corrected chi connectivity index (χ1v) is 16.7. The van der Waals surface area contributed by atoms with Crippen molar-refractivity contribution in [3.05, 3.63) is 52.4 Å². The van der Waals surface area contributed by atoms with Crippen molar-refractivity contribution in [3.8, 4) is 0 Å². The molecule has 1 aliphatic heterocycles. The second-order valence-electron chi connectivity index (χ2n) is 9.71. The van der Waals surface area contributed by atoms with Gasteiger partial charge in [-0.2, -0.15) is 4.98 Å². The van der Waals surface area contributed by atoms with E-state index >= 15 is 0 Å². The van der Waals surface area contributed by atoms with E-state index in [1.54, 1.807) is 18.2 Å². The number of piperidine rings is 1. The Morgan fingerprint density at radius 2 is 1.85 bits per heavy atom. The lowest BCUT2D eigenvalue weighted by atomic mass is 10.1. The minimum absolute atomic E-state index is 0.0107. The molecule has 1 saturated heterocycles. The monoisotopic (exact) mass is 629 g/mol. The zero-order valence-corrected chi connectivity index (χ0v) is 24.0. The standard InChI is InChI=1S/C24H26ClF2N7O5S2/c1-40(36,37)33-7-4-16(5-8-33)30-24-29-13-15-10-18(21(26)27)23(35)34(22(15)32-24)9-6-28-17-3-2-14-11-20(41(25,38)39)31-19(14)12-17/h2-3,10-13,16,21,28,31H,4-9H2,1H3,(H,29,30,32). The van der Waals surface area contributed by atoms with Crippen LogP contribution in [0.1, 0.15) is 24.8 Å². The van der Waals surface area contributed by atoms with Crippen LogP contribution in [0.4, 0.5) is 20.4 Å². The van der Waals surface area contributed by atoms with Gasteiger partial charge in [-0.1, -0.05) is 6.07 Å². The van der Waals surface area contributed by atoms with E-state index in [1.165, 1.54) is 16.6 Å². The van der Waals surface area contributed by atoms with E-state index in [4.69, 9.17) is 10.7 Å². The number of alkyl halides is 2. The smallest absolute Gasteiger partial charge is 0.276 e. The molecule has 3 N–H and O–H groups in total. The van der Waals surface area contributed by atoms with Crippen molar-refractivity contribution in [1.82, 2.24) is 23.8 Å². The maximum atomic E-state index is 13.7. The molecule has 0 bridgehead atoms. The molecule has 0 aliphatic carbocycles. The number of nitrogens with one attached hydrogen (secondary N) is 3. The van der Waals surface area contributed by atoms with E-state index < -0.39 is 36.6 Å². The molecular formula is C24H26ClF2N7O5S2. The van der Waals surface area contributed by atoms with Crippen LogP contribution in [0.5, 0.6) is 0 Å². The quantitative estimate of drug-likeness (QED) is 0.237. The van der Waals surface area contributed by atoms with Gasteiger partial charge in [0.2, 0.25) is 16.0 Å². The fourth-order valence-corrected chi connectivity index (χ4v) is 6.41. The molecule has 1 aromatic carbocycles. The van der Waals surface area contributed by atoms with Gasteiger partial charge in [-0.3, -0.25) is 9.36 Å². The van der Waals surface area contributed by atoms with Crippen molar-refractivity contribution in [2.45, 2.75) is 36.9 Å². The van der Waals surface area contributed by atoms with Crippen LogP contribution in [0.2, 0.25) is 0 Å². The Hall–Kier alpha value is -3.34. The van der Waals surface area contributed by atoms with Crippen molar-refractivity contribution in [3.63, 3.8) is 0 Å². The van der Waals surface area contributed by atoms with Crippen molar-refractivity contribution in [2.24, 2.45) is 0 Å². The van der Waals surface area contributed by atoms with Crippen LogP contribution in [-0.2, 0) is 25.6 Å². The highest BCUT2D eigenvalue weighted by atomic mass is 35.7. The number of halogens is 3. The van der Waals surface area contributed by atoms with Gasteiger partial charge in [0, 0.05) is 71.1 Å². The Morgan fingerprint density at radius 1 is 1.12 bits per heavy atom. The highest BCUT2D eigenvalue weighted by Crippen LogP contribution is 2.25. The molecule has 4 heterocycles. The van der Waals surface area contributed by atoms with Gasteiger partial charge >= 0.3 is 0 Å². The fraction of sp³-hybridized carbons (Fsp3) is 0.375. The number of hydrogen-bond donors (Lipinski definition) is 3. The molecule has 5 rings (SSSR count). The molecule has 41 heavy (non-hydrogen) atoms. The molecule has 0 atom stereocenters. The maximum absolute atomic E-state index is 13.7. The number of aromatic nitrogens is 4. The topological polar surface area (TPSA) is 159 Å². The van der Waals surface area contributed by atoms with Crippen molar-refractivity contribution in [1.29, 1.82) is 0 Å². The van der Waals surface area contributed by atoms with Crippen LogP contribution in [0.3, 0.4) is 0 Å². The molecule has 12 nitrogen and oxygen atoms in total. The lowest BCUT2D eigenvalue weighted by Gasteiger charge is -2.30. The molecule has 1 fully saturated rings. The van der Waals surface area contributed by atoms with E-state index in [-0.39, 0.29) is 41.1 Å². The molecule has 0 radical (unpaired) electrons. The third-order valence-corrected chi connectivity index (χ3v) is 9.42. The van der Waals surface area contributed by atoms with Crippen molar-refractivity contribution >= 4 is 63.3 Å². The number of fused-ring (bicyclic) bond motifs is 2. The molecule has 3 aromatic heterocycles. The summed E-state index contributed by atoms with van der Waals surface area (Å²) in [6, 6.07) is 7.44. The van der Waals surface area contributed by atoms with Gasteiger partial charge in [0.25, 0.3) is 21.0 Å². The summed E-state index contributed by atoms with van der Waals surface area (Å²) in [5.41, 5.74) is -0.265. The molecule has 1 aliphatic rings. The lowest BCUT2D eigenvalue weighted by molar-refractivity contribution is 0.149. The molecule has 0 unspecified atom stereocenters. The van der Waals surface area contributed by atoms with Gasteiger partial charge < -0.3 is 15.6 Å². The Balaban J connectivity index is 1.37. The van der Waals surface area contributed by atoms with Gasteiger partial charge in [-0.25, -0.2) is 34.9 Å². The number of pyridine rings is 1. The number of H-pyrrole nitrogens is 1. The SMILES string of the molecule is CS(=O)(=O)N1CCC(Nc2ncc3cc(C(F)F)c(=O)n(CCNc4ccc5cc(S(=O)(=O)Cl)[nH]c5c4)c3n2)CC1. The van der Waals surface area contributed by atoms with Gasteiger partial charge in [-0.05, 0) is 37.1 Å². The van der Waals surface area contributed by atoms with Gasteiger partial charge in [0.15, 0.2) is 0 Å². The Kier molecular flexibility index (Phi) is 7.93. The molecule has 220 valence electrons. The van der Waals surface area contributed by atoms with E-state index in [1.807, 2.05) is 0 Å². The summed E-state index contributed by atoms with van der Waals surface area (Å²) < 4.78 is 76.7. The molecule has 0 amide bonds. The predicted octanol–water partition coefficient (Wildman–Crippen LogP) is 3.09. The first-order chi connectivity index (χ1) is 19.3. The third-order valence-electron chi connectivity index (χ3n) is 6.87. The summed E-state index contributed by atoms with van der Waals surface area (Å²) >= 11 is 0.